The van der Waals surface area contributed by atoms with Gasteiger partial charge in [0.15, 0.2) is 0 Å². The Labute approximate surface area is 159 Å². The normalized spacial score (nSPS) is 10.5. The van der Waals surface area contributed by atoms with Crippen LogP contribution in [0.1, 0.15) is 57.4 Å². The topological polar surface area (TPSA) is 52.6 Å². The van der Waals surface area contributed by atoms with Gasteiger partial charge >= 0.3 is 11.9 Å². The zero-order valence-corrected chi connectivity index (χ0v) is 16.2. The van der Waals surface area contributed by atoms with Gasteiger partial charge in [0.1, 0.15) is 0 Å². The van der Waals surface area contributed by atoms with Crippen molar-refractivity contribution >= 4 is 35.1 Å². The van der Waals surface area contributed by atoms with Crippen molar-refractivity contribution in [2.45, 2.75) is 58.3 Å². The highest BCUT2D eigenvalue weighted by atomic mass is 35.5. The highest BCUT2D eigenvalue weighted by molar-refractivity contribution is 6.35. The van der Waals surface area contributed by atoms with Crippen LogP contribution < -0.4 is 0 Å². The van der Waals surface area contributed by atoms with Gasteiger partial charge in [-0.3, -0.25) is 9.59 Å². The van der Waals surface area contributed by atoms with Crippen molar-refractivity contribution in [2.24, 2.45) is 0 Å². The molecule has 0 saturated carbocycles. The van der Waals surface area contributed by atoms with Crippen molar-refractivity contribution in [2.75, 3.05) is 13.2 Å². The van der Waals surface area contributed by atoms with Crippen LogP contribution in [0.4, 0.5) is 0 Å². The Morgan fingerprint density at radius 2 is 1.60 bits per heavy atom. The van der Waals surface area contributed by atoms with Gasteiger partial charge in [-0.05, 0) is 30.5 Å². The first-order valence-electron chi connectivity index (χ1n) is 8.78. The van der Waals surface area contributed by atoms with E-state index in [1.54, 1.807) is 12.1 Å². The molecule has 25 heavy (non-hydrogen) atoms. The van der Waals surface area contributed by atoms with Crippen molar-refractivity contribution in [3.05, 3.63) is 33.8 Å². The molecule has 1 rings (SSSR count). The van der Waals surface area contributed by atoms with Gasteiger partial charge in [0, 0.05) is 29.3 Å². The lowest BCUT2D eigenvalue weighted by Gasteiger charge is -2.07. The molecule has 0 amide bonds. The van der Waals surface area contributed by atoms with Crippen LogP contribution in [0.5, 0.6) is 0 Å². The van der Waals surface area contributed by atoms with Gasteiger partial charge in [-0.1, -0.05) is 55.5 Å². The van der Waals surface area contributed by atoms with Crippen LogP contribution in [-0.4, -0.2) is 25.2 Å². The molecular formula is C19H26Cl2O4. The molecule has 0 aromatic heterocycles. The molecule has 140 valence electrons. The van der Waals surface area contributed by atoms with Crippen LogP contribution >= 0.6 is 23.2 Å². The average Bonchev–Trinajstić information content (AvgIpc) is 2.56. The number of carbonyl (C=O) groups is 2. The Balaban J connectivity index is 2.07. The zero-order valence-electron chi connectivity index (χ0n) is 14.7. The number of rotatable bonds is 12. The Morgan fingerprint density at radius 1 is 0.920 bits per heavy atom. The molecule has 0 aliphatic carbocycles. The third-order valence-electron chi connectivity index (χ3n) is 3.67. The number of hydrogen-bond acceptors (Lipinski definition) is 4. The third-order valence-corrected chi connectivity index (χ3v) is 4.26. The van der Waals surface area contributed by atoms with E-state index in [1.165, 1.54) is 0 Å². The van der Waals surface area contributed by atoms with Crippen LogP contribution in [0.25, 0.3) is 0 Å². The van der Waals surface area contributed by atoms with E-state index in [-0.39, 0.29) is 31.4 Å². The lowest BCUT2D eigenvalue weighted by molar-refractivity contribution is -0.145. The van der Waals surface area contributed by atoms with Crippen LogP contribution in [-0.2, 0) is 25.5 Å². The van der Waals surface area contributed by atoms with Gasteiger partial charge in [0.2, 0.25) is 0 Å². The fourth-order valence-corrected chi connectivity index (χ4v) is 2.74. The molecule has 6 heteroatoms. The Kier molecular flexibility index (Phi) is 11.3. The molecule has 1 aromatic carbocycles. The maximum Gasteiger partial charge on any atom is 0.305 e. The number of carbonyl (C=O) groups excluding carboxylic acids is 2. The first-order chi connectivity index (χ1) is 12.0. The van der Waals surface area contributed by atoms with Crippen LogP contribution in [0.15, 0.2) is 18.2 Å². The molecule has 0 N–H and O–H groups in total. The molecule has 0 heterocycles. The molecule has 4 nitrogen and oxygen atoms in total. The van der Waals surface area contributed by atoms with E-state index in [2.05, 4.69) is 6.92 Å². The standard InChI is InChI=1S/C19H26Cl2O4/c1-2-3-4-5-12-24-18(22)7-6-8-19(23)25-13-11-15-9-10-16(20)14-17(15)21/h9-10,14H,2-8,11-13H2,1H3. The Hall–Kier alpha value is -1.26. The predicted octanol–water partition coefficient (Wildman–Crippen LogP) is 5.37. The van der Waals surface area contributed by atoms with E-state index < -0.39 is 0 Å². The Bertz CT molecular complexity index is 546. The SMILES string of the molecule is CCCCCCOC(=O)CCCC(=O)OCCc1ccc(Cl)cc1Cl. The summed E-state index contributed by atoms with van der Waals surface area (Å²) in [4.78, 5) is 23.2. The van der Waals surface area contributed by atoms with Gasteiger partial charge in [-0.2, -0.15) is 0 Å². The van der Waals surface area contributed by atoms with Gasteiger partial charge in [0.05, 0.1) is 13.2 Å². The molecule has 0 radical (unpaired) electrons. The van der Waals surface area contributed by atoms with Crippen LogP contribution in [0, 0.1) is 0 Å². The van der Waals surface area contributed by atoms with E-state index in [4.69, 9.17) is 32.7 Å². The molecule has 1 aromatic rings. The molecule has 0 spiro atoms. The monoisotopic (exact) mass is 388 g/mol. The van der Waals surface area contributed by atoms with Gasteiger partial charge in [-0.15, -0.1) is 0 Å². The van der Waals surface area contributed by atoms with Crippen molar-refractivity contribution in [1.29, 1.82) is 0 Å². The maximum atomic E-state index is 11.7. The first kappa shape index (κ1) is 21.8. The second-order valence-electron chi connectivity index (χ2n) is 5.84. The summed E-state index contributed by atoms with van der Waals surface area (Å²) >= 11 is 11.9. The van der Waals surface area contributed by atoms with E-state index >= 15 is 0 Å². The number of unbranched alkanes of at least 4 members (excludes halogenated alkanes) is 3. The highest BCUT2D eigenvalue weighted by Crippen LogP contribution is 2.21. The summed E-state index contributed by atoms with van der Waals surface area (Å²) < 4.78 is 10.3. The van der Waals surface area contributed by atoms with Gasteiger partial charge in [0.25, 0.3) is 0 Å². The van der Waals surface area contributed by atoms with Crippen molar-refractivity contribution in [3.8, 4) is 0 Å². The molecular weight excluding hydrogens is 363 g/mol. The van der Waals surface area contributed by atoms with Gasteiger partial charge in [-0.25, -0.2) is 0 Å². The fourth-order valence-electron chi connectivity index (χ4n) is 2.24. The molecule has 0 atom stereocenters. The number of esters is 2. The number of ether oxygens (including phenoxy) is 2. The number of benzene rings is 1. The maximum absolute atomic E-state index is 11.7. The summed E-state index contributed by atoms with van der Waals surface area (Å²) in [5, 5.41) is 1.13. The largest absolute Gasteiger partial charge is 0.466 e. The zero-order chi connectivity index (χ0) is 18.5. The molecule has 0 aliphatic heterocycles. The van der Waals surface area contributed by atoms with Gasteiger partial charge < -0.3 is 9.47 Å². The quantitative estimate of drug-likeness (QED) is 0.356. The van der Waals surface area contributed by atoms with Crippen molar-refractivity contribution < 1.29 is 19.1 Å². The minimum atomic E-state index is -0.319. The number of halogens is 2. The second kappa shape index (κ2) is 13.0. The molecule has 0 saturated heterocycles. The summed E-state index contributed by atoms with van der Waals surface area (Å²) in [6, 6.07) is 5.22. The minimum absolute atomic E-state index is 0.208. The number of hydrogen-bond donors (Lipinski definition) is 0. The van der Waals surface area contributed by atoms with E-state index in [9.17, 15) is 9.59 Å². The molecule has 0 unspecified atom stereocenters. The van der Waals surface area contributed by atoms with E-state index in [0.717, 1.165) is 31.2 Å². The minimum Gasteiger partial charge on any atom is -0.466 e. The highest BCUT2D eigenvalue weighted by Gasteiger charge is 2.08. The summed E-state index contributed by atoms with van der Waals surface area (Å²) in [5.41, 5.74) is 0.880. The summed E-state index contributed by atoms with van der Waals surface area (Å²) in [6.45, 7) is 2.85. The Morgan fingerprint density at radius 3 is 2.24 bits per heavy atom. The van der Waals surface area contributed by atoms with Crippen molar-refractivity contribution in [1.82, 2.24) is 0 Å². The summed E-state index contributed by atoms with van der Waals surface area (Å²) in [6.07, 6.45) is 5.70. The fraction of sp³-hybridized carbons (Fsp3) is 0.579. The first-order valence-corrected chi connectivity index (χ1v) is 9.53. The predicted molar refractivity (Wildman–Crippen MR) is 100 cm³/mol. The van der Waals surface area contributed by atoms with E-state index in [0.29, 0.717) is 29.5 Å². The van der Waals surface area contributed by atoms with Crippen molar-refractivity contribution in [3.63, 3.8) is 0 Å². The van der Waals surface area contributed by atoms with Crippen LogP contribution in [0.2, 0.25) is 10.0 Å². The molecule has 0 aliphatic rings. The smallest absolute Gasteiger partial charge is 0.305 e. The summed E-state index contributed by atoms with van der Waals surface area (Å²) in [5.74, 6) is -0.571. The third kappa shape index (κ3) is 10.4. The van der Waals surface area contributed by atoms with Crippen LogP contribution in [0.3, 0.4) is 0 Å². The summed E-state index contributed by atoms with van der Waals surface area (Å²) in [7, 11) is 0. The average molecular weight is 389 g/mol. The lowest BCUT2D eigenvalue weighted by Crippen LogP contribution is -2.10. The molecule has 0 bridgehead atoms. The van der Waals surface area contributed by atoms with E-state index in [1.807, 2.05) is 6.07 Å². The lowest BCUT2D eigenvalue weighted by atomic mass is 10.1. The molecule has 0 fully saturated rings. The second-order valence-corrected chi connectivity index (χ2v) is 6.68.